The molecule has 4 aliphatic carbocycles. The normalized spacial score (nSPS) is 49.0. The molecule has 0 amide bonds. The van der Waals surface area contributed by atoms with Crippen molar-refractivity contribution in [1.29, 1.82) is 0 Å². The Morgan fingerprint density at radius 1 is 1.00 bits per heavy atom. The first-order chi connectivity index (χ1) is 7.84. The van der Waals surface area contributed by atoms with Crippen LogP contribution in [0.1, 0.15) is 38.5 Å². The molecule has 86 valence electrons. The summed E-state index contributed by atoms with van der Waals surface area (Å²) in [5.74, 6) is 3.20. The van der Waals surface area contributed by atoms with E-state index in [1.54, 1.807) is 24.8 Å². The smallest absolute Gasteiger partial charge is 0.0331 e. The Morgan fingerprint density at radius 2 is 1.62 bits per heavy atom. The molecule has 0 unspecified atom stereocenters. The zero-order chi connectivity index (χ0) is 10.6. The van der Waals surface area contributed by atoms with Crippen LogP contribution in [0.4, 0.5) is 0 Å². The fraction of sp³-hybridized carbons (Fsp3) is 0.733. The summed E-state index contributed by atoms with van der Waals surface area (Å²) in [5.41, 5.74) is 2.28. The summed E-state index contributed by atoms with van der Waals surface area (Å²) in [6.07, 6.45) is 16.1. The zero-order valence-electron chi connectivity index (χ0n) is 9.91. The van der Waals surface area contributed by atoms with E-state index < -0.39 is 0 Å². The molecular formula is C15H21N. The van der Waals surface area contributed by atoms with Gasteiger partial charge in [-0.15, -0.1) is 0 Å². The third-order valence-corrected chi connectivity index (χ3v) is 5.47. The van der Waals surface area contributed by atoms with Crippen LogP contribution in [-0.4, -0.2) is 6.54 Å². The highest BCUT2D eigenvalue weighted by Gasteiger charge is 2.51. The molecular weight excluding hydrogens is 194 g/mol. The lowest BCUT2D eigenvalue weighted by atomic mass is 9.47. The van der Waals surface area contributed by atoms with E-state index in [9.17, 15) is 0 Å². The van der Waals surface area contributed by atoms with Gasteiger partial charge >= 0.3 is 0 Å². The molecule has 0 atom stereocenters. The number of rotatable bonds is 1. The van der Waals surface area contributed by atoms with Crippen LogP contribution < -0.4 is 5.32 Å². The molecule has 0 aromatic rings. The highest BCUT2D eigenvalue weighted by Crippen LogP contribution is 2.62. The van der Waals surface area contributed by atoms with Crippen molar-refractivity contribution in [2.24, 2.45) is 23.2 Å². The quantitative estimate of drug-likeness (QED) is 0.708. The minimum absolute atomic E-state index is 0.605. The molecule has 0 spiro atoms. The Bertz CT molecular complexity index is 328. The maximum Gasteiger partial charge on any atom is 0.0331 e. The largest absolute Gasteiger partial charge is 0.387 e. The van der Waals surface area contributed by atoms with Gasteiger partial charge in [0, 0.05) is 6.54 Å². The van der Waals surface area contributed by atoms with Gasteiger partial charge in [0.25, 0.3) is 0 Å². The minimum Gasteiger partial charge on any atom is -0.387 e. The van der Waals surface area contributed by atoms with Crippen molar-refractivity contribution < 1.29 is 0 Å². The predicted molar refractivity (Wildman–Crippen MR) is 65.8 cm³/mol. The van der Waals surface area contributed by atoms with Crippen molar-refractivity contribution in [2.75, 3.05) is 6.54 Å². The summed E-state index contributed by atoms with van der Waals surface area (Å²) < 4.78 is 0. The standard InChI is InChI=1S/C15H21N/c1-3-16-4-2-14(1)15-8-11-5-12(9-15)7-13(6-11)10-15/h1-3,11-13,16H,4-10H2. The molecule has 1 aliphatic heterocycles. The van der Waals surface area contributed by atoms with Crippen molar-refractivity contribution in [1.82, 2.24) is 5.32 Å². The molecule has 1 heteroatoms. The maximum atomic E-state index is 3.29. The van der Waals surface area contributed by atoms with E-state index in [1.807, 2.05) is 0 Å². The summed E-state index contributed by atoms with van der Waals surface area (Å²) >= 11 is 0. The second-order valence-electron chi connectivity index (χ2n) is 6.60. The van der Waals surface area contributed by atoms with Crippen molar-refractivity contribution >= 4 is 0 Å². The monoisotopic (exact) mass is 215 g/mol. The third-order valence-electron chi connectivity index (χ3n) is 5.47. The second-order valence-corrected chi connectivity index (χ2v) is 6.60. The molecule has 5 rings (SSSR count). The summed E-state index contributed by atoms with van der Waals surface area (Å²) in [6, 6.07) is 0. The van der Waals surface area contributed by atoms with Gasteiger partial charge in [-0.25, -0.2) is 0 Å². The van der Waals surface area contributed by atoms with Crippen LogP contribution in [0.3, 0.4) is 0 Å². The fourth-order valence-corrected chi connectivity index (χ4v) is 5.31. The van der Waals surface area contributed by atoms with E-state index in [0.29, 0.717) is 5.41 Å². The van der Waals surface area contributed by atoms with E-state index in [2.05, 4.69) is 23.7 Å². The van der Waals surface area contributed by atoms with Gasteiger partial charge in [-0.2, -0.15) is 0 Å². The Labute approximate surface area is 98.0 Å². The number of hydrogen-bond donors (Lipinski definition) is 1. The highest BCUT2D eigenvalue weighted by atomic mass is 14.8. The number of nitrogens with one attached hydrogen (secondary N) is 1. The van der Waals surface area contributed by atoms with E-state index in [0.717, 1.165) is 24.3 Å². The summed E-state index contributed by atoms with van der Waals surface area (Å²) in [6.45, 7) is 1.05. The first kappa shape index (κ1) is 9.32. The molecule has 0 aromatic heterocycles. The van der Waals surface area contributed by atoms with Gasteiger partial charge in [0.15, 0.2) is 0 Å². The lowest BCUT2D eigenvalue weighted by Gasteiger charge is -2.57. The molecule has 4 fully saturated rings. The Balaban J connectivity index is 1.71. The molecule has 1 nitrogen and oxygen atoms in total. The predicted octanol–water partition coefficient (Wildman–Crippen LogP) is 3.25. The van der Waals surface area contributed by atoms with Crippen LogP contribution in [0.5, 0.6) is 0 Å². The summed E-state index contributed by atoms with van der Waals surface area (Å²) in [7, 11) is 0. The van der Waals surface area contributed by atoms with Gasteiger partial charge in [-0.1, -0.05) is 6.08 Å². The SMILES string of the molecule is C1=CC(C23CC4CC(CC(C4)C2)C3)=CCN1. The lowest BCUT2D eigenvalue weighted by Crippen LogP contribution is -2.47. The van der Waals surface area contributed by atoms with Crippen LogP contribution in [0.2, 0.25) is 0 Å². The molecule has 4 saturated carbocycles. The first-order valence-corrected chi connectivity index (χ1v) is 6.95. The van der Waals surface area contributed by atoms with Crippen molar-refractivity contribution in [3.05, 3.63) is 23.9 Å². The van der Waals surface area contributed by atoms with Crippen molar-refractivity contribution in [3.63, 3.8) is 0 Å². The molecule has 0 radical (unpaired) electrons. The number of allylic oxidation sites excluding steroid dienone is 2. The lowest BCUT2D eigenvalue weighted by molar-refractivity contribution is -0.0287. The van der Waals surface area contributed by atoms with Gasteiger partial charge in [0.1, 0.15) is 0 Å². The molecule has 4 bridgehead atoms. The van der Waals surface area contributed by atoms with Crippen LogP contribution in [0.25, 0.3) is 0 Å². The van der Waals surface area contributed by atoms with Crippen LogP contribution in [-0.2, 0) is 0 Å². The van der Waals surface area contributed by atoms with Gasteiger partial charge in [0.05, 0.1) is 0 Å². The molecule has 0 saturated heterocycles. The van der Waals surface area contributed by atoms with E-state index in [-0.39, 0.29) is 0 Å². The Morgan fingerprint density at radius 3 is 2.12 bits per heavy atom. The van der Waals surface area contributed by atoms with Gasteiger partial charge < -0.3 is 5.32 Å². The molecule has 0 aromatic carbocycles. The van der Waals surface area contributed by atoms with E-state index in [4.69, 9.17) is 0 Å². The zero-order valence-corrected chi connectivity index (χ0v) is 9.91. The van der Waals surface area contributed by atoms with Crippen LogP contribution >= 0.6 is 0 Å². The topological polar surface area (TPSA) is 12.0 Å². The Kier molecular flexibility index (Phi) is 1.84. The molecule has 16 heavy (non-hydrogen) atoms. The van der Waals surface area contributed by atoms with Gasteiger partial charge in [0.2, 0.25) is 0 Å². The van der Waals surface area contributed by atoms with Crippen LogP contribution in [0.15, 0.2) is 23.9 Å². The van der Waals surface area contributed by atoms with Gasteiger partial charge in [-0.05, 0) is 79.5 Å². The third kappa shape index (κ3) is 1.23. The van der Waals surface area contributed by atoms with E-state index in [1.165, 1.54) is 19.3 Å². The molecule has 1 N–H and O–H groups in total. The maximum absolute atomic E-state index is 3.29. The molecule has 5 aliphatic rings. The van der Waals surface area contributed by atoms with Crippen molar-refractivity contribution in [2.45, 2.75) is 38.5 Å². The molecule has 1 heterocycles. The summed E-state index contributed by atoms with van der Waals surface area (Å²) in [5, 5.41) is 3.29. The number of hydrogen-bond acceptors (Lipinski definition) is 1. The Hall–Kier alpha value is -0.720. The van der Waals surface area contributed by atoms with Crippen LogP contribution in [0, 0.1) is 23.2 Å². The second kappa shape index (κ2) is 3.15. The fourth-order valence-electron chi connectivity index (χ4n) is 5.31. The van der Waals surface area contributed by atoms with Gasteiger partial charge in [-0.3, -0.25) is 0 Å². The average Bonchev–Trinajstić information content (AvgIpc) is 2.28. The highest BCUT2D eigenvalue weighted by molar-refractivity contribution is 5.32. The average molecular weight is 215 g/mol. The minimum atomic E-state index is 0.605. The first-order valence-electron chi connectivity index (χ1n) is 6.95. The number of dihydropyridines is 1. The van der Waals surface area contributed by atoms with E-state index >= 15 is 0 Å². The van der Waals surface area contributed by atoms with Crippen molar-refractivity contribution in [3.8, 4) is 0 Å². The summed E-state index contributed by atoms with van der Waals surface area (Å²) in [4.78, 5) is 0.